The molecule has 1 N–H and O–H groups in total. The number of β-amino-alcohol motifs (C(OH)–C–C–N with tert-alkyl or cyclic N) is 1. The van der Waals surface area contributed by atoms with Gasteiger partial charge < -0.3 is 14.6 Å². The Kier molecular flexibility index (Phi) is 5.37. The summed E-state index contributed by atoms with van der Waals surface area (Å²) in [5.74, 6) is 0.942. The number of piperidine rings is 1. The van der Waals surface area contributed by atoms with Crippen molar-refractivity contribution < 1.29 is 9.90 Å². The molecule has 3 heterocycles. The Labute approximate surface area is 142 Å². The molecule has 6 heteroatoms. The lowest BCUT2D eigenvalue weighted by molar-refractivity contribution is 0.0788. The minimum Gasteiger partial charge on any atom is -0.390 e. The number of hydrogen-bond donors (Lipinski definition) is 1. The highest BCUT2D eigenvalue weighted by molar-refractivity contribution is 6.06. The van der Waals surface area contributed by atoms with Crippen LogP contribution in [0.1, 0.15) is 35.9 Å². The lowest BCUT2D eigenvalue weighted by Gasteiger charge is -2.31. The highest BCUT2D eigenvalue weighted by Gasteiger charge is 2.21. The largest absolute Gasteiger partial charge is 0.390 e. The molecule has 128 valence electrons. The molecule has 1 fully saturated rings. The van der Waals surface area contributed by atoms with Crippen LogP contribution in [0, 0.1) is 5.92 Å². The maximum atomic E-state index is 12.5. The van der Waals surface area contributed by atoms with E-state index in [4.69, 9.17) is 0 Å². The minimum absolute atomic E-state index is 0.174. The molecule has 1 saturated heterocycles. The van der Waals surface area contributed by atoms with Crippen LogP contribution in [0.5, 0.6) is 0 Å². The molecule has 0 aromatic carbocycles. The van der Waals surface area contributed by atoms with E-state index in [0.29, 0.717) is 24.5 Å². The molecule has 1 unspecified atom stereocenters. The molecule has 1 aliphatic heterocycles. The molecule has 3 rings (SSSR count). The number of likely N-dealkylation sites (tertiary alicyclic amines) is 1. The van der Waals surface area contributed by atoms with E-state index in [9.17, 15) is 9.90 Å². The van der Waals surface area contributed by atoms with Gasteiger partial charge in [-0.1, -0.05) is 6.92 Å². The Bertz CT molecular complexity index is 663. The van der Waals surface area contributed by atoms with Gasteiger partial charge >= 0.3 is 0 Å². The minimum atomic E-state index is -0.520. The topological polar surface area (TPSA) is 71.2 Å². The molecule has 0 radical (unpaired) electrons. The van der Waals surface area contributed by atoms with Crippen molar-refractivity contribution >= 4 is 5.78 Å². The first kappa shape index (κ1) is 16.8. The SMILES string of the molecule is CC1CCN(CC(O)Cn2ccnc2C(=O)c2cccnc2)CC1. The third-order valence-electron chi connectivity index (χ3n) is 4.59. The molecule has 24 heavy (non-hydrogen) atoms. The Morgan fingerprint density at radius 1 is 1.33 bits per heavy atom. The molecule has 0 saturated carbocycles. The van der Waals surface area contributed by atoms with Gasteiger partial charge in [0.05, 0.1) is 12.6 Å². The Morgan fingerprint density at radius 3 is 2.83 bits per heavy atom. The molecule has 0 amide bonds. The molecule has 0 bridgehead atoms. The fraction of sp³-hybridized carbons (Fsp3) is 0.500. The summed E-state index contributed by atoms with van der Waals surface area (Å²) in [7, 11) is 0. The number of nitrogens with zero attached hydrogens (tertiary/aromatic N) is 4. The number of aliphatic hydroxyl groups excluding tert-OH is 1. The second-order valence-corrected chi connectivity index (χ2v) is 6.61. The lowest BCUT2D eigenvalue weighted by Crippen LogP contribution is -2.39. The smallest absolute Gasteiger partial charge is 0.229 e. The Morgan fingerprint density at radius 2 is 2.12 bits per heavy atom. The van der Waals surface area contributed by atoms with Gasteiger partial charge in [0.1, 0.15) is 0 Å². The third kappa shape index (κ3) is 4.07. The number of pyridine rings is 1. The average molecular weight is 328 g/mol. The number of carbonyl (C=O) groups is 1. The zero-order chi connectivity index (χ0) is 16.9. The third-order valence-corrected chi connectivity index (χ3v) is 4.59. The van der Waals surface area contributed by atoms with E-state index < -0.39 is 6.10 Å². The fourth-order valence-electron chi connectivity index (χ4n) is 3.12. The van der Waals surface area contributed by atoms with Crippen LogP contribution in [0.25, 0.3) is 0 Å². The number of aliphatic hydroxyl groups is 1. The number of aromatic nitrogens is 3. The van der Waals surface area contributed by atoms with E-state index in [1.54, 1.807) is 35.3 Å². The molecule has 1 aliphatic rings. The standard InChI is InChI=1S/C18H24N4O2/c1-14-4-8-21(9-5-14)12-16(23)13-22-10-7-20-18(22)17(24)15-3-2-6-19-11-15/h2-3,6-7,10-11,14,16,23H,4-5,8-9,12-13H2,1H3. The summed E-state index contributed by atoms with van der Waals surface area (Å²) in [5, 5.41) is 10.4. The number of carbonyl (C=O) groups excluding carboxylic acids is 1. The second kappa shape index (κ2) is 7.68. The summed E-state index contributed by atoms with van der Waals surface area (Å²) in [4.78, 5) is 23.0. The van der Waals surface area contributed by atoms with Crippen molar-refractivity contribution in [3.8, 4) is 0 Å². The molecule has 2 aromatic rings. The van der Waals surface area contributed by atoms with Crippen molar-refractivity contribution in [2.24, 2.45) is 5.92 Å². The van der Waals surface area contributed by atoms with Crippen molar-refractivity contribution in [2.45, 2.75) is 32.4 Å². The van der Waals surface area contributed by atoms with Crippen LogP contribution in [0.4, 0.5) is 0 Å². The summed E-state index contributed by atoms with van der Waals surface area (Å²) in [5.41, 5.74) is 0.504. The maximum Gasteiger partial charge on any atom is 0.229 e. The highest BCUT2D eigenvalue weighted by Crippen LogP contribution is 2.16. The summed E-state index contributed by atoms with van der Waals surface area (Å²) in [6, 6.07) is 3.45. The van der Waals surface area contributed by atoms with E-state index in [1.807, 2.05) is 0 Å². The van der Waals surface area contributed by atoms with E-state index in [-0.39, 0.29) is 5.78 Å². The zero-order valence-corrected chi connectivity index (χ0v) is 14.0. The van der Waals surface area contributed by atoms with Crippen LogP contribution < -0.4 is 0 Å². The fourth-order valence-corrected chi connectivity index (χ4v) is 3.12. The molecule has 0 aliphatic carbocycles. The van der Waals surface area contributed by atoms with Gasteiger partial charge in [-0.25, -0.2) is 4.98 Å². The predicted molar refractivity (Wildman–Crippen MR) is 90.7 cm³/mol. The predicted octanol–water partition coefficient (Wildman–Crippen LogP) is 1.60. The normalized spacial score (nSPS) is 17.8. The first-order valence-electron chi connectivity index (χ1n) is 8.49. The van der Waals surface area contributed by atoms with Crippen LogP contribution in [0.15, 0.2) is 36.9 Å². The Hall–Kier alpha value is -2.05. The van der Waals surface area contributed by atoms with Gasteiger partial charge in [-0.05, 0) is 44.0 Å². The summed E-state index contributed by atoms with van der Waals surface area (Å²) in [6.45, 7) is 5.33. The molecule has 0 spiro atoms. The van der Waals surface area contributed by atoms with E-state index in [1.165, 1.54) is 19.0 Å². The molecule has 6 nitrogen and oxygen atoms in total. The summed E-state index contributed by atoms with van der Waals surface area (Å²) >= 11 is 0. The second-order valence-electron chi connectivity index (χ2n) is 6.61. The van der Waals surface area contributed by atoms with E-state index in [2.05, 4.69) is 21.8 Å². The van der Waals surface area contributed by atoms with Crippen LogP contribution in [0.2, 0.25) is 0 Å². The van der Waals surface area contributed by atoms with Gasteiger partial charge in [-0.2, -0.15) is 0 Å². The van der Waals surface area contributed by atoms with Crippen LogP contribution >= 0.6 is 0 Å². The molecular weight excluding hydrogens is 304 g/mol. The van der Waals surface area contributed by atoms with Gasteiger partial charge in [0.2, 0.25) is 5.78 Å². The van der Waals surface area contributed by atoms with Crippen LogP contribution in [0.3, 0.4) is 0 Å². The highest BCUT2D eigenvalue weighted by atomic mass is 16.3. The zero-order valence-electron chi connectivity index (χ0n) is 14.0. The van der Waals surface area contributed by atoms with Gasteiger partial charge in [-0.15, -0.1) is 0 Å². The maximum absolute atomic E-state index is 12.5. The number of imidazole rings is 1. The van der Waals surface area contributed by atoms with Gasteiger partial charge in [0.15, 0.2) is 5.82 Å². The Balaban J connectivity index is 1.62. The van der Waals surface area contributed by atoms with Crippen molar-refractivity contribution in [1.29, 1.82) is 0 Å². The van der Waals surface area contributed by atoms with E-state index >= 15 is 0 Å². The summed E-state index contributed by atoms with van der Waals surface area (Å²) in [6.07, 6.45) is 8.35. The monoisotopic (exact) mass is 328 g/mol. The van der Waals surface area contributed by atoms with Gasteiger partial charge in [0, 0.05) is 36.9 Å². The number of hydrogen-bond acceptors (Lipinski definition) is 5. The number of rotatable bonds is 6. The van der Waals surface area contributed by atoms with Crippen molar-refractivity contribution in [3.63, 3.8) is 0 Å². The first-order valence-corrected chi connectivity index (χ1v) is 8.49. The van der Waals surface area contributed by atoms with Crippen molar-refractivity contribution in [2.75, 3.05) is 19.6 Å². The van der Waals surface area contributed by atoms with Gasteiger partial charge in [-0.3, -0.25) is 9.78 Å². The lowest BCUT2D eigenvalue weighted by atomic mass is 9.99. The average Bonchev–Trinajstić information content (AvgIpc) is 3.05. The molecular formula is C18H24N4O2. The van der Waals surface area contributed by atoms with Crippen molar-refractivity contribution in [3.05, 3.63) is 48.3 Å². The summed E-state index contributed by atoms with van der Waals surface area (Å²) < 4.78 is 1.73. The molecule has 2 aromatic heterocycles. The van der Waals surface area contributed by atoms with Crippen molar-refractivity contribution in [1.82, 2.24) is 19.4 Å². The van der Waals surface area contributed by atoms with Crippen LogP contribution in [-0.4, -0.2) is 56.1 Å². The molecule has 1 atom stereocenters. The number of ketones is 1. The quantitative estimate of drug-likeness (QED) is 0.816. The van der Waals surface area contributed by atoms with Gasteiger partial charge in [0.25, 0.3) is 0 Å². The first-order chi connectivity index (χ1) is 11.6. The van der Waals surface area contributed by atoms with Crippen LogP contribution in [-0.2, 0) is 6.54 Å². The van der Waals surface area contributed by atoms with E-state index in [0.717, 1.165) is 19.0 Å².